The minimum absolute atomic E-state index is 0.0250. The molecule has 0 aliphatic carbocycles. The van der Waals surface area contributed by atoms with E-state index in [4.69, 9.17) is 55.6 Å². The van der Waals surface area contributed by atoms with Gasteiger partial charge in [0.05, 0.1) is 94.6 Å². The molecule has 0 radical (unpaired) electrons. The Balaban J connectivity index is 0.000000173. The van der Waals surface area contributed by atoms with Crippen LogP contribution in [-0.2, 0) is 28.3 Å². The van der Waals surface area contributed by atoms with Crippen LogP contribution in [-0.4, -0.2) is 187 Å². The maximum Gasteiger partial charge on any atom is 0.496 e. The van der Waals surface area contributed by atoms with Crippen LogP contribution in [0.4, 0.5) is 53.0 Å². The van der Waals surface area contributed by atoms with Crippen LogP contribution < -0.4 is 30.8 Å². The summed E-state index contributed by atoms with van der Waals surface area (Å²) in [6, 6.07) is 3.19. The predicted octanol–water partition coefficient (Wildman–Crippen LogP) is 6.98. The van der Waals surface area contributed by atoms with E-state index in [1.54, 1.807) is 19.0 Å². The van der Waals surface area contributed by atoms with Crippen molar-refractivity contribution in [2.24, 2.45) is 4.99 Å². The van der Waals surface area contributed by atoms with E-state index in [0.717, 1.165) is 38.8 Å². The third-order valence-electron chi connectivity index (χ3n) is 14.6. The largest absolute Gasteiger partial charge is 0.496 e. The number of ether oxygens (including phenoxy) is 4. The molecule has 0 aromatic carbocycles. The summed E-state index contributed by atoms with van der Waals surface area (Å²) in [5.74, 6) is 2.62. The average molecular weight is 1120 g/mol. The number of pyridine rings is 2. The van der Waals surface area contributed by atoms with E-state index in [1.165, 1.54) is 30.9 Å². The van der Waals surface area contributed by atoms with Crippen molar-refractivity contribution in [3.8, 4) is 11.4 Å². The molecule has 0 saturated carbocycles. The van der Waals surface area contributed by atoms with E-state index in [2.05, 4.69) is 82.2 Å². The maximum absolute atomic E-state index is 13.8. The van der Waals surface area contributed by atoms with Gasteiger partial charge in [0.25, 0.3) is 12.9 Å². The highest BCUT2D eigenvalue weighted by Gasteiger charge is 2.53. The Labute approximate surface area is 460 Å². The molecule has 0 unspecified atom stereocenters. The van der Waals surface area contributed by atoms with Gasteiger partial charge in [0.15, 0.2) is 11.6 Å². The highest BCUT2D eigenvalue weighted by atomic mass is 35.5. The topological polar surface area (TPSA) is 213 Å². The second-order valence-corrected chi connectivity index (χ2v) is 20.9. The first kappa shape index (κ1) is 60.3. The summed E-state index contributed by atoms with van der Waals surface area (Å²) in [5, 5.41) is 0.243. The lowest BCUT2D eigenvalue weighted by atomic mass is 9.77. The van der Waals surface area contributed by atoms with Gasteiger partial charge in [-0.15, -0.1) is 0 Å². The molecule has 4 aromatic heterocycles. The summed E-state index contributed by atoms with van der Waals surface area (Å²) in [6.45, 7) is 23.7. The van der Waals surface area contributed by atoms with Crippen LogP contribution >= 0.6 is 11.6 Å². The van der Waals surface area contributed by atoms with Crippen LogP contribution in [0.3, 0.4) is 0 Å². The number of nitrogens with two attached hydrogens (primary N) is 1. The molecule has 0 amide bonds. The lowest BCUT2D eigenvalue weighted by Gasteiger charge is -2.37. The lowest BCUT2D eigenvalue weighted by molar-refractivity contribution is 0.00578. The third kappa shape index (κ3) is 14.7. The SMILES string of the molecule is CC[C@@H]1COCCN1c1nc(-c2cnc(N)cc2C(F)F)nc(N2CCOC[C@H]2CC)n1.CC[C@@H]1COCCN1c1nc(Cl)nc(N2CCOC[C@H]2CC)n1.CN(C)C=Nc1cc(C(F)F)c(B2OC(C)(C)C(C)(C)O2)cn1. The normalized spacial score (nSPS) is 22.4. The number of anilines is 5. The number of morpholine rings is 4. The molecular formula is C51H75BClF4N15O6. The van der Waals surface area contributed by atoms with Gasteiger partial charge in [-0.05, 0) is 77.1 Å². The van der Waals surface area contributed by atoms with Gasteiger partial charge < -0.3 is 58.5 Å². The first-order chi connectivity index (χ1) is 37.3. The van der Waals surface area contributed by atoms with Crippen LogP contribution in [0.5, 0.6) is 0 Å². The Kier molecular flexibility index (Phi) is 21.0. The first-order valence-electron chi connectivity index (χ1n) is 26.7. The minimum atomic E-state index is -2.74. The van der Waals surface area contributed by atoms with Crippen molar-refractivity contribution in [3.05, 3.63) is 40.9 Å². The Hall–Kier alpha value is -5.38. The van der Waals surface area contributed by atoms with Crippen molar-refractivity contribution in [1.82, 2.24) is 44.8 Å². The molecule has 9 rings (SSSR count). The molecule has 9 heterocycles. The molecule has 5 aliphatic heterocycles. The van der Waals surface area contributed by atoms with Gasteiger partial charge in [-0.2, -0.15) is 29.9 Å². The minimum Gasteiger partial charge on any atom is -0.399 e. The number of halogens is 5. The molecule has 2 N–H and O–H groups in total. The van der Waals surface area contributed by atoms with Gasteiger partial charge in [-0.25, -0.2) is 32.5 Å². The third-order valence-corrected chi connectivity index (χ3v) is 14.7. The number of hydrogen-bond donors (Lipinski definition) is 1. The number of alkyl halides is 4. The van der Waals surface area contributed by atoms with E-state index < -0.39 is 31.2 Å². The molecule has 4 atom stereocenters. The summed E-state index contributed by atoms with van der Waals surface area (Å²) in [7, 11) is 2.70. The summed E-state index contributed by atoms with van der Waals surface area (Å²) < 4.78 is 88.6. The van der Waals surface area contributed by atoms with E-state index in [-0.39, 0.29) is 69.1 Å². The fraction of sp³-hybridized carbons (Fsp3) is 0.667. The summed E-state index contributed by atoms with van der Waals surface area (Å²) in [5.41, 5.74) is 4.44. The number of nitrogens with zero attached hydrogens (tertiary/aromatic N) is 14. The Morgan fingerprint density at radius 1 is 0.641 bits per heavy atom. The molecule has 428 valence electrons. The number of hydrogen-bond acceptors (Lipinski definition) is 20. The Morgan fingerprint density at radius 2 is 1.05 bits per heavy atom. The summed E-state index contributed by atoms with van der Waals surface area (Å²) in [4.78, 5) is 49.8. The maximum atomic E-state index is 13.8. The zero-order chi connectivity index (χ0) is 56.3. The van der Waals surface area contributed by atoms with Crippen LogP contribution in [0, 0.1) is 0 Å². The van der Waals surface area contributed by atoms with Gasteiger partial charge in [0, 0.05) is 74.8 Å². The second kappa shape index (κ2) is 27.2. The smallest absolute Gasteiger partial charge is 0.399 e. The van der Waals surface area contributed by atoms with E-state index >= 15 is 0 Å². The quantitative estimate of drug-likeness (QED) is 0.0584. The monoisotopic (exact) mass is 1120 g/mol. The molecule has 0 spiro atoms. The van der Waals surface area contributed by atoms with Crippen molar-refractivity contribution in [3.63, 3.8) is 0 Å². The van der Waals surface area contributed by atoms with Crippen molar-refractivity contribution in [2.45, 2.75) is 129 Å². The molecule has 5 aliphatic rings. The van der Waals surface area contributed by atoms with Crippen molar-refractivity contribution in [2.75, 3.05) is 118 Å². The van der Waals surface area contributed by atoms with E-state index in [9.17, 15) is 17.6 Å². The molecular weight excluding hydrogens is 1040 g/mol. The van der Waals surface area contributed by atoms with Crippen LogP contribution in [0.25, 0.3) is 11.4 Å². The molecule has 4 aromatic rings. The van der Waals surface area contributed by atoms with Crippen LogP contribution in [0.2, 0.25) is 5.28 Å². The standard InChI is InChI=1S/C21H29F2N7O2.C15H22BF2N3O2.C15H24ClN5O2/c1-3-13-11-31-7-5-29(13)20-26-19(16-10-25-17(24)9-15(16)18(22)23)27-21(28-20)30-6-8-32-12-14(30)4-2;1-14(2)15(3,4)23-16(22-14)11-8-19-12(20-9-21(5)6)7-10(11)13(17)18;1-3-11-9-22-7-5-20(11)14-17-13(16)18-15(19-14)21-6-8-23-10-12(21)4-2/h9-10,13-14,18H,3-8,11-12H2,1-2H3,(H2,24,25);7-9,13H,1-6H3;11-12H,3-10H2,1-2H3/t13-,14-;;11-,12-/m1.1/s1. The van der Waals surface area contributed by atoms with Gasteiger partial charge in [0.1, 0.15) is 5.82 Å². The highest BCUT2D eigenvalue weighted by molar-refractivity contribution is 6.62. The van der Waals surface area contributed by atoms with Crippen molar-refractivity contribution < 1.29 is 45.8 Å². The predicted molar refractivity (Wildman–Crippen MR) is 293 cm³/mol. The van der Waals surface area contributed by atoms with Gasteiger partial charge in [-0.3, -0.25) is 0 Å². The number of aliphatic imine (C=N–C) groups is 1. The van der Waals surface area contributed by atoms with Crippen LogP contribution in [0.15, 0.2) is 29.5 Å². The van der Waals surface area contributed by atoms with Crippen molar-refractivity contribution >= 4 is 65.9 Å². The zero-order valence-corrected chi connectivity index (χ0v) is 47.2. The molecule has 5 saturated heterocycles. The molecule has 21 nitrogen and oxygen atoms in total. The van der Waals surface area contributed by atoms with Gasteiger partial charge >= 0.3 is 7.12 Å². The second-order valence-electron chi connectivity index (χ2n) is 20.6. The fourth-order valence-electron chi connectivity index (χ4n) is 9.27. The van der Waals surface area contributed by atoms with Gasteiger partial charge in [0.2, 0.25) is 29.1 Å². The lowest BCUT2D eigenvalue weighted by Crippen LogP contribution is -2.48. The Morgan fingerprint density at radius 3 is 1.44 bits per heavy atom. The number of rotatable bonds is 14. The summed E-state index contributed by atoms with van der Waals surface area (Å²) >= 11 is 6.19. The van der Waals surface area contributed by atoms with Crippen LogP contribution in [0.1, 0.15) is 105 Å². The Bertz CT molecular complexity index is 2520. The summed E-state index contributed by atoms with van der Waals surface area (Å²) in [6.07, 6.45) is 2.42. The van der Waals surface area contributed by atoms with E-state index in [1.807, 2.05) is 27.7 Å². The molecule has 5 fully saturated rings. The fourth-order valence-corrected chi connectivity index (χ4v) is 9.42. The molecule has 78 heavy (non-hydrogen) atoms. The first-order valence-corrected chi connectivity index (χ1v) is 27.1. The van der Waals surface area contributed by atoms with E-state index in [0.29, 0.717) is 89.7 Å². The zero-order valence-electron chi connectivity index (χ0n) is 46.4. The molecule has 0 bridgehead atoms. The van der Waals surface area contributed by atoms with Gasteiger partial charge in [-0.1, -0.05) is 27.7 Å². The number of nitrogen functional groups attached to an aromatic ring is 1. The average Bonchev–Trinajstić information content (AvgIpc) is 3.78. The highest BCUT2D eigenvalue weighted by Crippen LogP contribution is 2.38. The number of aromatic nitrogens is 8. The molecule has 27 heteroatoms. The van der Waals surface area contributed by atoms with Crippen molar-refractivity contribution in [1.29, 1.82) is 0 Å².